The maximum absolute atomic E-state index is 12.9. The third-order valence-corrected chi connectivity index (χ3v) is 6.78. The van der Waals surface area contributed by atoms with Crippen LogP contribution in [0.2, 0.25) is 0 Å². The quantitative estimate of drug-likeness (QED) is 0.288. The van der Waals surface area contributed by atoms with Crippen molar-refractivity contribution in [3.8, 4) is 11.8 Å². The molecule has 1 aromatic carbocycles. The van der Waals surface area contributed by atoms with Gasteiger partial charge in [0.15, 0.2) is 17.3 Å². The molecule has 1 amide bonds. The highest BCUT2D eigenvalue weighted by atomic mass is 16.5. The Morgan fingerprint density at radius 3 is 2.80 bits per heavy atom. The minimum Gasteiger partial charge on any atom is -0.359 e. The van der Waals surface area contributed by atoms with Crippen molar-refractivity contribution >= 4 is 28.9 Å². The lowest BCUT2D eigenvalue weighted by Gasteiger charge is -2.13. The summed E-state index contributed by atoms with van der Waals surface area (Å²) in [6.45, 7) is 10.6. The molecular weight excluding hydrogens is 504 g/mol. The van der Waals surface area contributed by atoms with Crippen LogP contribution in [-0.4, -0.2) is 36.8 Å². The van der Waals surface area contributed by atoms with Crippen molar-refractivity contribution in [3.63, 3.8) is 0 Å². The number of aryl methyl sites for hydroxylation is 1. The van der Waals surface area contributed by atoms with Crippen LogP contribution in [0.5, 0.6) is 0 Å². The summed E-state index contributed by atoms with van der Waals surface area (Å²) in [6, 6.07) is 13.2. The summed E-state index contributed by atoms with van der Waals surface area (Å²) in [5, 5.41) is 18.2. The average Bonchev–Trinajstić information content (AvgIpc) is 3.66. The van der Waals surface area contributed by atoms with Crippen LogP contribution in [-0.2, 0) is 18.5 Å². The van der Waals surface area contributed by atoms with Crippen LogP contribution in [0, 0.1) is 18.8 Å². The second-order valence-corrected chi connectivity index (χ2v) is 10.9. The van der Waals surface area contributed by atoms with E-state index in [0.717, 1.165) is 59.3 Å². The first-order valence-corrected chi connectivity index (χ1v) is 13.2. The average molecular weight is 535 g/mol. The third-order valence-electron chi connectivity index (χ3n) is 6.78. The summed E-state index contributed by atoms with van der Waals surface area (Å²) in [4.78, 5) is 17.5. The van der Waals surface area contributed by atoms with Gasteiger partial charge in [0.25, 0.3) is 5.91 Å². The standard InChI is InChI=1S/C30H30N8O2/c1-19-7-8-21(29(39)34-27-16-25(40-36-27)30(2,3)4)14-20(19)9-10-22-18-32-28-24(6-5-12-37(22)28)33-26-15-23-17-31-11-13-38(23)35-26/h5-8,12,14-16,18,31H,11,13,17H2,1-4H3,(H,33,35)(H,34,36,39). The summed E-state index contributed by atoms with van der Waals surface area (Å²) >= 11 is 0. The Labute approximate surface area is 231 Å². The Morgan fingerprint density at radius 1 is 1.12 bits per heavy atom. The highest BCUT2D eigenvalue weighted by Gasteiger charge is 2.21. The Morgan fingerprint density at radius 2 is 2.00 bits per heavy atom. The SMILES string of the molecule is Cc1ccc(C(=O)Nc2cc(C(C)(C)C)on2)cc1C#Cc1cnc2c(Nc3cc4n(n3)CCNC4)cccn12. The number of aromatic nitrogens is 5. The van der Waals surface area contributed by atoms with Crippen LogP contribution in [0.25, 0.3) is 5.65 Å². The fourth-order valence-corrected chi connectivity index (χ4v) is 4.50. The van der Waals surface area contributed by atoms with Crippen LogP contribution in [0.3, 0.4) is 0 Å². The number of carbonyl (C=O) groups excluding carboxylic acids is 1. The predicted octanol–water partition coefficient (Wildman–Crippen LogP) is 4.62. The van der Waals surface area contributed by atoms with Gasteiger partial charge in [-0.15, -0.1) is 0 Å². The molecule has 4 aromatic heterocycles. The zero-order chi connectivity index (χ0) is 27.9. The first-order valence-electron chi connectivity index (χ1n) is 13.2. The van der Waals surface area contributed by atoms with Gasteiger partial charge in [0, 0.05) is 48.0 Å². The number of anilines is 3. The van der Waals surface area contributed by atoms with Gasteiger partial charge >= 0.3 is 0 Å². The molecule has 202 valence electrons. The van der Waals surface area contributed by atoms with Crippen LogP contribution in [0.4, 0.5) is 17.3 Å². The molecule has 0 atom stereocenters. The molecule has 0 bridgehead atoms. The monoisotopic (exact) mass is 534 g/mol. The molecule has 6 rings (SSSR count). The molecule has 40 heavy (non-hydrogen) atoms. The second-order valence-electron chi connectivity index (χ2n) is 10.9. The van der Waals surface area contributed by atoms with E-state index < -0.39 is 0 Å². The third kappa shape index (κ3) is 5.07. The highest BCUT2D eigenvalue weighted by molar-refractivity contribution is 6.04. The normalized spacial score (nSPS) is 13.0. The van der Waals surface area contributed by atoms with E-state index >= 15 is 0 Å². The molecule has 1 aliphatic rings. The number of hydrogen-bond acceptors (Lipinski definition) is 7. The number of amides is 1. The highest BCUT2D eigenvalue weighted by Crippen LogP contribution is 2.25. The molecular formula is C30H30N8O2. The molecule has 0 spiro atoms. The fourth-order valence-electron chi connectivity index (χ4n) is 4.50. The molecule has 0 aliphatic carbocycles. The van der Waals surface area contributed by atoms with Crippen LogP contribution in [0.15, 0.2) is 59.4 Å². The van der Waals surface area contributed by atoms with Gasteiger partial charge < -0.3 is 20.5 Å². The van der Waals surface area contributed by atoms with E-state index in [9.17, 15) is 4.79 Å². The lowest BCUT2D eigenvalue weighted by Crippen LogP contribution is -2.28. The van der Waals surface area contributed by atoms with Gasteiger partial charge in [-0.3, -0.25) is 13.9 Å². The van der Waals surface area contributed by atoms with Crippen molar-refractivity contribution in [2.45, 2.75) is 46.2 Å². The van der Waals surface area contributed by atoms with E-state index in [4.69, 9.17) is 4.52 Å². The van der Waals surface area contributed by atoms with Gasteiger partial charge in [-0.25, -0.2) is 4.98 Å². The molecule has 0 fully saturated rings. The first kappa shape index (κ1) is 25.4. The van der Waals surface area contributed by atoms with E-state index in [0.29, 0.717) is 17.1 Å². The Bertz CT molecular complexity index is 1770. The number of rotatable bonds is 4. The van der Waals surface area contributed by atoms with Crippen LogP contribution >= 0.6 is 0 Å². The minimum absolute atomic E-state index is 0.201. The number of nitrogens with zero attached hydrogens (tertiary/aromatic N) is 5. The van der Waals surface area contributed by atoms with Crippen LogP contribution in [0.1, 0.15) is 59.4 Å². The van der Waals surface area contributed by atoms with Crippen molar-refractivity contribution in [1.29, 1.82) is 0 Å². The molecule has 0 saturated heterocycles. The lowest BCUT2D eigenvalue weighted by molar-refractivity contribution is 0.102. The van der Waals surface area contributed by atoms with Crippen LogP contribution < -0.4 is 16.0 Å². The zero-order valence-corrected chi connectivity index (χ0v) is 22.9. The number of hydrogen-bond donors (Lipinski definition) is 3. The van der Waals surface area contributed by atoms with Gasteiger partial charge in [-0.2, -0.15) is 5.10 Å². The Hall–Kier alpha value is -4.88. The Kier molecular flexibility index (Phi) is 6.36. The van der Waals surface area contributed by atoms with E-state index in [2.05, 4.69) is 49.1 Å². The zero-order valence-electron chi connectivity index (χ0n) is 22.9. The number of benzene rings is 1. The van der Waals surface area contributed by atoms with Crippen molar-refractivity contribution in [1.82, 2.24) is 29.6 Å². The van der Waals surface area contributed by atoms with E-state index in [1.54, 1.807) is 24.4 Å². The number of fused-ring (bicyclic) bond motifs is 2. The summed E-state index contributed by atoms with van der Waals surface area (Å²) < 4.78 is 9.34. The summed E-state index contributed by atoms with van der Waals surface area (Å²) in [5.41, 5.74) is 5.49. The molecule has 10 nitrogen and oxygen atoms in total. The first-order chi connectivity index (χ1) is 19.2. The van der Waals surface area contributed by atoms with Crippen molar-refractivity contribution < 1.29 is 9.32 Å². The molecule has 5 heterocycles. The largest absolute Gasteiger partial charge is 0.359 e. The van der Waals surface area contributed by atoms with E-state index in [1.807, 2.05) is 61.2 Å². The maximum Gasteiger partial charge on any atom is 0.256 e. The molecule has 0 unspecified atom stereocenters. The van der Waals surface area contributed by atoms with E-state index in [-0.39, 0.29) is 11.3 Å². The van der Waals surface area contributed by atoms with Gasteiger partial charge in [0.05, 0.1) is 24.1 Å². The number of carbonyl (C=O) groups is 1. The number of imidazole rings is 1. The Balaban J connectivity index is 1.23. The van der Waals surface area contributed by atoms with Gasteiger partial charge in [0.1, 0.15) is 11.5 Å². The summed E-state index contributed by atoms with van der Waals surface area (Å²) in [7, 11) is 0. The molecule has 10 heteroatoms. The molecule has 0 radical (unpaired) electrons. The van der Waals surface area contributed by atoms with Gasteiger partial charge in [-0.05, 0) is 42.7 Å². The molecule has 1 aliphatic heterocycles. The molecule has 5 aromatic rings. The number of nitrogens with one attached hydrogen (secondary N) is 3. The van der Waals surface area contributed by atoms with Crippen molar-refractivity contribution in [3.05, 3.63) is 88.7 Å². The lowest BCUT2D eigenvalue weighted by atomic mass is 9.93. The maximum atomic E-state index is 12.9. The molecule has 3 N–H and O–H groups in total. The van der Waals surface area contributed by atoms with Gasteiger partial charge in [-0.1, -0.05) is 37.9 Å². The minimum atomic E-state index is -0.279. The predicted molar refractivity (Wildman–Crippen MR) is 153 cm³/mol. The van der Waals surface area contributed by atoms with Crippen molar-refractivity contribution in [2.24, 2.45) is 0 Å². The topological polar surface area (TPSA) is 114 Å². The summed E-state index contributed by atoms with van der Waals surface area (Å²) in [6.07, 6.45) is 3.68. The fraction of sp³-hybridized carbons (Fsp3) is 0.267. The number of pyridine rings is 1. The summed E-state index contributed by atoms with van der Waals surface area (Å²) in [5.74, 6) is 8.04. The van der Waals surface area contributed by atoms with E-state index in [1.165, 1.54) is 0 Å². The smallest absolute Gasteiger partial charge is 0.256 e. The van der Waals surface area contributed by atoms with Crippen molar-refractivity contribution in [2.75, 3.05) is 17.2 Å². The second kappa shape index (κ2) is 10.0. The van der Waals surface area contributed by atoms with Gasteiger partial charge in [0.2, 0.25) is 0 Å². The molecule has 0 saturated carbocycles.